The molecule has 0 saturated heterocycles. The molecule has 0 bridgehead atoms. The summed E-state index contributed by atoms with van der Waals surface area (Å²) in [6, 6.07) is 139. The first kappa shape index (κ1) is 73.0. The first-order valence-corrected chi connectivity index (χ1v) is 49.2. The maximum Gasteiger partial charge on any atom is 0.0465 e. The number of aryl methyl sites for hydroxylation is 5. The summed E-state index contributed by atoms with van der Waals surface area (Å²) in [4.78, 5) is 3.87. The lowest BCUT2D eigenvalue weighted by Crippen LogP contribution is -2.18. The standard InChI is InChI=1S/C52H48N2.C48H30.C39H30/c1-33-9-17-37(18-10-33)53(38-19-11-34(2)12-20-38)41-25-27-43-45-31-50-46(32-49(45)51(5,6)47(43)29-41)44-28-26-42(30-48(44)52(50,7)8)54(39-21-13-35(3)14-22-39)40-23-15-36(4)16-24-40;1-4-16-31(17-5-1)28-40-34-22-10-13-25-37(34)43-46(40)44-38-26-14-11-23-35(38)41(29-32-18-6-2-7-19-32)48(44)45-39-27-15-12-24-36(39)42(47(43)45)30-33-20-8-3-9-21-33;1-21-17-32-36(26-12-7-6-11-25(21)26)28-19-31-29(20-30(28)38(32,2)3)37-27-16-15-23-10-8-9-22-13-14-24(35(27)34(22)23)18-33(37)39(31,4)5/h9-32H,1-8H3;1-30H;6-20H,1-5H3/b;40-28+,41-29+,42-30+;/i5D3,6D3,7D3,8D3;;. The fourth-order valence-corrected chi connectivity index (χ4v) is 24.5. The largest absolute Gasteiger partial charge is 0.310 e. The Labute approximate surface area is 845 Å². The molecule has 28 rings (SSSR count). The van der Waals surface area contributed by atoms with Gasteiger partial charge in [-0.05, 0) is 394 Å². The highest BCUT2D eigenvalue weighted by Gasteiger charge is 2.48. The topological polar surface area (TPSA) is 6.48 Å². The summed E-state index contributed by atoms with van der Waals surface area (Å²) >= 11 is 0. The van der Waals surface area contributed by atoms with Crippen LogP contribution >= 0.6 is 0 Å². The van der Waals surface area contributed by atoms with E-state index in [4.69, 9.17) is 0 Å². The van der Waals surface area contributed by atoms with Crippen LogP contribution in [-0.4, -0.2) is 0 Å². The number of nitrogens with zero attached hydrogens (tertiary/aromatic N) is 2. The Morgan fingerprint density at radius 1 is 0.199 bits per heavy atom. The molecule has 7 aliphatic carbocycles. The zero-order chi connectivity index (χ0) is 106. The van der Waals surface area contributed by atoms with Crippen molar-refractivity contribution in [2.75, 3.05) is 9.80 Å². The molecule has 7 aliphatic rings. The molecule has 674 valence electrons. The number of benzene rings is 21. The third-order valence-corrected chi connectivity index (χ3v) is 31.4. The second-order valence-corrected chi connectivity index (χ2v) is 40.7. The van der Waals surface area contributed by atoms with Crippen molar-refractivity contribution in [3.05, 3.63) is 523 Å². The van der Waals surface area contributed by atoms with Crippen LogP contribution in [0.15, 0.2) is 400 Å². The molecule has 21 aromatic carbocycles. The lowest BCUT2D eigenvalue weighted by atomic mass is 9.79. The molecule has 0 amide bonds. The van der Waals surface area contributed by atoms with E-state index < -0.39 is 38.2 Å². The zero-order valence-electron chi connectivity index (χ0n) is 92.2. The second-order valence-electron chi connectivity index (χ2n) is 40.7. The van der Waals surface area contributed by atoms with Crippen LogP contribution in [0, 0.1) is 34.6 Å². The highest BCUT2D eigenvalue weighted by atomic mass is 15.1. The van der Waals surface area contributed by atoms with Crippen molar-refractivity contribution >= 4 is 112 Å². The van der Waals surface area contributed by atoms with Crippen LogP contribution in [0.1, 0.15) is 194 Å². The lowest BCUT2D eigenvalue weighted by molar-refractivity contribution is 0.652. The van der Waals surface area contributed by atoms with Crippen molar-refractivity contribution < 1.29 is 16.4 Å². The van der Waals surface area contributed by atoms with E-state index in [9.17, 15) is 16.4 Å². The Kier molecular flexibility index (Phi) is 16.5. The summed E-state index contributed by atoms with van der Waals surface area (Å²) in [5.74, 6) is 0. The monoisotopic (exact) mass is 1820 g/mol. The van der Waals surface area contributed by atoms with E-state index in [1.54, 1.807) is 36.4 Å². The Morgan fingerprint density at radius 3 is 0.901 bits per heavy atom. The van der Waals surface area contributed by atoms with Crippen LogP contribution in [0.4, 0.5) is 34.1 Å². The highest BCUT2D eigenvalue weighted by molar-refractivity contribution is 6.29. The van der Waals surface area contributed by atoms with Crippen LogP contribution in [0.2, 0.25) is 0 Å². The number of hydrogen-bond acceptors (Lipinski definition) is 2. The highest BCUT2D eigenvalue weighted by Crippen LogP contribution is 2.67. The maximum absolute atomic E-state index is 9.21. The molecule has 0 spiro atoms. The van der Waals surface area contributed by atoms with E-state index in [0.29, 0.717) is 11.4 Å². The minimum absolute atomic E-state index is 0.0127. The molecule has 0 saturated carbocycles. The summed E-state index contributed by atoms with van der Waals surface area (Å²) in [6.45, 7) is 7.14. The molecule has 21 aromatic rings. The first-order chi connectivity index (χ1) is 73.5. The van der Waals surface area contributed by atoms with Gasteiger partial charge in [0.1, 0.15) is 0 Å². The van der Waals surface area contributed by atoms with Crippen LogP contribution in [0.25, 0.3) is 156 Å². The van der Waals surface area contributed by atoms with Gasteiger partial charge in [-0.1, -0.05) is 375 Å². The van der Waals surface area contributed by atoms with Gasteiger partial charge in [0.05, 0.1) is 0 Å². The van der Waals surface area contributed by atoms with Crippen molar-refractivity contribution in [1.29, 1.82) is 0 Å². The van der Waals surface area contributed by atoms with E-state index in [0.717, 1.165) is 45.0 Å². The van der Waals surface area contributed by atoms with Gasteiger partial charge in [0.2, 0.25) is 0 Å². The normalized spacial score (nSPS) is 16.9. The predicted octanol–water partition coefficient (Wildman–Crippen LogP) is 37.5. The second kappa shape index (κ2) is 31.9. The van der Waals surface area contributed by atoms with E-state index in [-0.39, 0.29) is 55.3 Å². The molecular weight excluding hydrogens is 1700 g/mol. The van der Waals surface area contributed by atoms with Crippen molar-refractivity contribution in [1.82, 2.24) is 0 Å². The molecule has 2 heteroatoms. The van der Waals surface area contributed by atoms with Gasteiger partial charge in [-0.15, -0.1) is 0 Å². The molecule has 2 nitrogen and oxygen atoms in total. The van der Waals surface area contributed by atoms with E-state index in [1.165, 1.54) is 205 Å². The van der Waals surface area contributed by atoms with Gasteiger partial charge in [0, 0.05) is 72.2 Å². The molecule has 141 heavy (non-hydrogen) atoms. The zero-order valence-corrected chi connectivity index (χ0v) is 80.2. The van der Waals surface area contributed by atoms with E-state index in [2.05, 4.69) is 308 Å². The van der Waals surface area contributed by atoms with Crippen LogP contribution < -0.4 is 9.80 Å². The van der Waals surface area contributed by atoms with Gasteiger partial charge in [-0.25, -0.2) is 0 Å². The quantitative estimate of drug-likeness (QED) is 0.133. The van der Waals surface area contributed by atoms with Crippen LogP contribution in [0.5, 0.6) is 0 Å². The SMILES string of the molecule is C(=C1/c2ccccc2-c2c1c1c(c3c2/C(=C/c2ccccc2)c2ccccc2-3)/C(=C/c2ccccc2)c2ccccc2-1)/c1ccccc1.Cc1cc2c(c3ccccc13)-c1cc3c(cc1C2(C)C)-c1c(cc2ccc4cccc5ccc1c2c45)C3(C)C.[2H]C([2H])([2H])C1(C([2H])([2H])[2H])c2cc(N(c3ccc(C)cc3)c3ccc(C)cc3)ccc2-c2cc3c(cc21)-c1ccc(N(c2ccc(C)cc2)c2ccc(C)cc2)cc1C3(C([2H])([2H])[2H])C([2H])([2H])[2H]. The third kappa shape index (κ3) is 13.1. The smallest absolute Gasteiger partial charge is 0.0465 e. The van der Waals surface area contributed by atoms with Gasteiger partial charge >= 0.3 is 0 Å². The Hall–Kier alpha value is -16.3. The molecule has 0 atom stereocenters. The number of anilines is 6. The maximum atomic E-state index is 9.21. The minimum Gasteiger partial charge on any atom is -0.310 e. The summed E-state index contributed by atoms with van der Waals surface area (Å²) in [7, 11) is 0. The summed E-state index contributed by atoms with van der Waals surface area (Å²) < 4.78 is 110. The van der Waals surface area contributed by atoms with Gasteiger partial charge in [-0.2, -0.15) is 0 Å². The van der Waals surface area contributed by atoms with Crippen LogP contribution in [-0.2, 0) is 21.7 Å². The Morgan fingerprint density at radius 2 is 0.511 bits per heavy atom. The fourth-order valence-electron chi connectivity index (χ4n) is 24.5. The average Bonchev–Trinajstić information content (AvgIpc) is 1.49. The molecule has 0 N–H and O–H groups in total. The average molecular weight is 1820 g/mol. The number of fused-ring (bicyclic) bond motifs is 27. The van der Waals surface area contributed by atoms with Crippen molar-refractivity contribution in [2.45, 2.75) is 111 Å². The van der Waals surface area contributed by atoms with E-state index >= 15 is 0 Å². The molecule has 0 radical (unpaired) electrons. The van der Waals surface area contributed by atoms with Gasteiger partial charge in [0.15, 0.2) is 0 Å². The summed E-state index contributed by atoms with van der Waals surface area (Å²) in [5, 5.41) is 11.0. The van der Waals surface area contributed by atoms with E-state index in [1.807, 2.05) is 135 Å². The molecule has 0 unspecified atom stereocenters. The number of rotatable bonds is 9. The number of hydrogen-bond donors (Lipinski definition) is 0. The summed E-state index contributed by atoms with van der Waals surface area (Å²) in [6.07, 6.45) is 7.21. The van der Waals surface area contributed by atoms with Gasteiger partial charge < -0.3 is 9.80 Å². The third-order valence-electron chi connectivity index (χ3n) is 31.4. The fraction of sp³-hybridized carbons (Fsp3) is 0.122. The summed E-state index contributed by atoms with van der Waals surface area (Å²) in [5.41, 5.74) is 39.8. The molecular formula is C139H108N2. The molecule has 0 aliphatic heterocycles. The Balaban J connectivity index is 0.000000119. The molecule has 0 aromatic heterocycles. The minimum atomic E-state index is -3.18. The molecule has 0 heterocycles. The van der Waals surface area contributed by atoms with Crippen molar-refractivity contribution in [2.24, 2.45) is 0 Å². The predicted molar refractivity (Wildman–Crippen MR) is 600 cm³/mol. The molecule has 0 fully saturated rings. The van der Waals surface area contributed by atoms with Gasteiger partial charge in [-0.3, -0.25) is 0 Å². The Bertz CT molecular complexity index is 8820. The van der Waals surface area contributed by atoms with Gasteiger partial charge in [0.25, 0.3) is 0 Å². The van der Waals surface area contributed by atoms with Crippen LogP contribution in [0.3, 0.4) is 0 Å². The van der Waals surface area contributed by atoms with Crippen molar-refractivity contribution in [3.63, 3.8) is 0 Å². The first-order valence-electron chi connectivity index (χ1n) is 55.2. The lowest BCUT2D eigenvalue weighted by Gasteiger charge is -2.28. The van der Waals surface area contributed by atoms with Crippen molar-refractivity contribution in [3.8, 4) is 77.9 Å².